The van der Waals surface area contributed by atoms with Crippen LogP contribution in [-0.4, -0.2) is 16.8 Å². The van der Waals surface area contributed by atoms with Gasteiger partial charge in [0.15, 0.2) is 5.84 Å². The molecule has 1 aromatic rings. The van der Waals surface area contributed by atoms with Crippen LogP contribution < -0.4 is 0 Å². The summed E-state index contributed by atoms with van der Waals surface area (Å²) in [6, 6.07) is 9.33. The Labute approximate surface area is 90.5 Å². The van der Waals surface area contributed by atoms with Gasteiger partial charge in [-0.3, -0.25) is 5.41 Å². The molecule has 0 atom stereocenters. The van der Waals surface area contributed by atoms with Gasteiger partial charge in [-0.2, -0.15) is 4.99 Å². The van der Waals surface area contributed by atoms with Crippen molar-refractivity contribution in [1.29, 1.82) is 5.41 Å². The summed E-state index contributed by atoms with van der Waals surface area (Å²) in [7, 11) is 1.53. The van der Waals surface area contributed by atoms with Gasteiger partial charge < -0.3 is 4.74 Å². The minimum absolute atomic E-state index is 0.215. The number of methoxy groups -OCH3 is 1. The van der Waals surface area contributed by atoms with Crippen LogP contribution in [0.2, 0.25) is 0 Å². The lowest BCUT2D eigenvalue weighted by atomic mass is 10.2. The molecule has 1 N–H and O–H groups in total. The Balaban J connectivity index is 2.81. The van der Waals surface area contributed by atoms with Gasteiger partial charge >= 0.3 is 0 Å². The Morgan fingerprint density at radius 3 is 2.54 bits per heavy atom. The predicted molar refractivity (Wildman–Crippen MR) is 61.7 cm³/mol. The minimum atomic E-state index is 0.215. The van der Waals surface area contributed by atoms with E-state index in [2.05, 4.69) is 4.99 Å². The summed E-state index contributed by atoms with van der Waals surface area (Å²) in [5, 5.41) is 7.59. The summed E-state index contributed by atoms with van der Waals surface area (Å²) in [6.45, 7) is 0. The molecule has 0 heterocycles. The number of nitrogens with zero attached hydrogens (tertiary/aromatic N) is 1. The molecule has 0 aliphatic carbocycles. The van der Waals surface area contributed by atoms with Crippen LogP contribution in [0.25, 0.3) is 0 Å². The van der Waals surface area contributed by atoms with Crippen LogP contribution in [0.5, 0.6) is 0 Å². The summed E-state index contributed by atoms with van der Waals surface area (Å²) in [5.41, 5.74) is 0.786. The average Bonchev–Trinajstić information content (AvgIpc) is 2.19. The molecule has 0 radical (unpaired) electrons. The number of hydrogen-bond acceptors (Lipinski definition) is 2. The summed E-state index contributed by atoms with van der Waals surface area (Å²) in [4.78, 5) is 3.93. The van der Waals surface area contributed by atoms with E-state index in [1.165, 1.54) is 7.11 Å². The third-order valence-corrected chi connectivity index (χ3v) is 2.10. The normalized spacial score (nSPS) is 11.1. The van der Waals surface area contributed by atoms with Crippen LogP contribution in [0.15, 0.2) is 35.3 Å². The molecule has 0 aliphatic rings. The number of benzene rings is 1. The Morgan fingerprint density at radius 1 is 1.38 bits per heavy atom. The van der Waals surface area contributed by atoms with E-state index in [-0.39, 0.29) is 5.84 Å². The van der Waals surface area contributed by atoms with Gasteiger partial charge in [0.25, 0.3) is 3.90 Å². The SMILES string of the molecule is COC(I)=NC(=N)c1ccccc1. The van der Waals surface area contributed by atoms with Crippen molar-refractivity contribution < 1.29 is 4.74 Å². The van der Waals surface area contributed by atoms with Gasteiger partial charge in [-0.15, -0.1) is 0 Å². The highest BCUT2D eigenvalue weighted by Gasteiger charge is 1.99. The predicted octanol–water partition coefficient (Wildman–Crippen LogP) is 2.45. The molecule has 0 aromatic heterocycles. The van der Waals surface area contributed by atoms with Crippen LogP contribution >= 0.6 is 22.6 Å². The molecule has 1 aromatic carbocycles. The number of nitrogens with one attached hydrogen (secondary N) is 1. The minimum Gasteiger partial charge on any atom is -0.477 e. The second-order valence-electron chi connectivity index (χ2n) is 2.28. The molecule has 13 heavy (non-hydrogen) atoms. The fourth-order valence-corrected chi connectivity index (χ4v) is 1.04. The molecule has 0 saturated carbocycles. The summed E-state index contributed by atoms with van der Waals surface area (Å²) < 4.78 is 5.30. The molecule has 0 unspecified atom stereocenters. The highest BCUT2D eigenvalue weighted by Crippen LogP contribution is 2.02. The smallest absolute Gasteiger partial charge is 0.253 e. The molecule has 4 heteroatoms. The quantitative estimate of drug-likeness (QED) is 0.481. The molecule has 68 valence electrons. The van der Waals surface area contributed by atoms with Crippen molar-refractivity contribution in [2.45, 2.75) is 0 Å². The van der Waals surface area contributed by atoms with Crippen molar-refractivity contribution in [2.75, 3.05) is 7.11 Å². The van der Waals surface area contributed by atoms with Gasteiger partial charge in [-0.25, -0.2) is 0 Å². The Morgan fingerprint density at radius 2 is 2.00 bits per heavy atom. The van der Waals surface area contributed by atoms with Crippen molar-refractivity contribution >= 4 is 32.3 Å². The molecular formula is C9H9IN2O. The maximum Gasteiger partial charge on any atom is 0.253 e. The highest BCUT2D eigenvalue weighted by atomic mass is 127. The monoisotopic (exact) mass is 288 g/mol. The Bertz CT molecular complexity index is 322. The largest absolute Gasteiger partial charge is 0.477 e. The van der Waals surface area contributed by atoms with Crippen molar-refractivity contribution in [3.8, 4) is 0 Å². The standard InChI is InChI=1S/C9H9IN2O/c1-13-9(10)12-8(11)7-5-3-2-4-6-7/h2-6,11H,1H3. The number of rotatable bonds is 1. The highest BCUT2D eigenvalue weighted by molar-refractivity contribution is 14.1. The molecular weight excluding hydrogens is 279 g/mol. The van der Waals surface area contributed by atoms with Crippen LogP contribution in [0, 0.1) is 5.41 Å². The van der Waals surface area contributed by atoms with Gasteiger partial charge in [0.05, 0.1) is 7.11 Å². The van der Waals surface area contributed by atoms with E-state index in [0.717, 1.165) is 5.56 Å². The zero-order valence-corrected chi connectivity index (χ0v) is 9.28. The van der Waals surface area contributed by atoms with Crippen molar-refractivity contribution in [2.24, 2.45) is 4.99 Å². The lowest BCUT2D eigenvalue weighted by Gasteiger charge is -1.98. The number of halogens is 1. The van der Waals surface area contributed by atoms with Crippen LogP contribution in [0.4, 0.5) is 0 Å². The van der Waals surface area contributed by atoms with Gasteiger partial charge in [-0.05, 0) is 0 Å². The molecule has 3 nitrogen and oxygen atoms in total. The lowest BCUT2D eigenvalue weighted by Crippen LogP contribution is -1.99. The zero-order valence-electron chi connectivity index (χ0n) is 7.12. The van der Waals surface area contributed by atoms with E-state index >= 15 is 0 Å². The molecule has 0 aliphatic heterocycles. The fourth-order valence-electron chi connectivity index (χ4n) is 0.794. The second kappa shape index (κ2) is 4.96. The van der Waals surface area contributed by atoms with Gasteiger partial charge in [0, 0.05) is 28.2 Å². The number of hydrogen-bond donors (Lipinski definition) is 1. The Hall–Kier alpha value is -0.910. The average molecular weight is 288 g/mol. The van der Waals surface area contributed by atoms with Gasteiger partial charge in [0.1, 0.15) is 0 Å². The fraction of sp³-hybridized carbons (Fsp3) is 0.111. The third kappa shape index (κ3) is 3.14. The maximum atomic E-state index is 7.59. The van der Waals surface area contributed by atoms with Crippen LogP contribution in [0.3, 0.4) is 0 Å². The van der Waals surface area contributed by atoms with Gasteiger partial charge in [-0.1, -0.05) is 30.3 Å². The lowest BCUT2D eigenvalue weighted by molar-refractivity contribution is 0.420. The van der Waals surface area contributed by atoms with E-state index in [1.807, 2.05) is 52.9 Å². The van der Waals surface area contributed by atoms with E-state index in [4.69, 9.17) is 10.1 Å². The van der Waals surface area contributed by atoms with E-state index in [0.29, 0.717) is 3.90 Å². The van der Waals surface area contributed by atoms with Crippen LogP contribution in [-0.2, 0) is 4.74 Å². The summed E-state index contributed by atoms with van der Waals surface area (Å²) in [6.07, 6.45) is 0. The third-order valence-electron chi connectivity index (χ3n) is 1.42. The Kier molecular flexibility index (Phi) is 3.88. The second-order valence-corrected chi connectivity index (χ2v) is 3.21. The summed E-state index contributed by atoms with van der Waals surface area (Å²) >= 11 is 1.93. The van der Waals surface area contributed by atoms with Crippen molar-refractivity contribution in [3.05, 3.63) is 35.9 Å². The number of ether oxygens (including phenoxy) is 1. The van der Waals surface area contributed by atoms with Crippen LogP contribution in [0.1, 0.15) is 5.56 Å². The van der Waals surface area contributed by atoms with Crippen molar-refractivity contribution in [3.63, 3.8) is 0 Å². The van der Waals surface area contributed by atoms with Gasteiger partial charge in [0.2, 0.25) is 0 Å². The van der Waals surface area contributed by atoms with Crippen molar-refractivity contribution in [1.82, 2.24) is 0 Å². The first-order valence-corrected chi connectivity index (χ1v) is 4.74. The molecule has 1 rings (SSSR count). The summed E-state index contributed by atoms with van der Waals surface area (Å²) in [5.74, 6) is 0.215. The molecule has 0 amide bonds. The van der Waals surface area contributed by atoms with E-state index in [9.17, 15) is 0 Å². The molecule has 0 saturated heterocycles. The zero-order chi connectivity index (χ0) is 9.68. The topological polar surface area (TPSA) is 45.4 Å². The molecule has 0 spiro atoms. The maximum absolute atomic E-state index is 7.59. The first-order valence-electron chi connectivity index (χ1n) is 3.66. The molecule has 0 fully saturated rings. The van der Waals surface area contributed by atoms with E-state index < -0.39 is 0 Å². The van der Waals surface area contributed by atoms with E-state index in [1.54, 1.807) is 0 Å². The first-order chi connectivity index (χ1) is 6.24. The first kappa shape index (κ1) is 10.2. The number of aliphatic imine (C=N–C) groups is 1. The number of amidine groups is 1. The molecule has 0 bridgehead atoms.